The molecular formula is C11H11FOS. The topological polar surface area (TPSA) is 9.23 Å². The summed E-state index contributed by atoms with van der Waals surface area (Å²) in [6, 6.07) is 3.16. The fraction of sp³-hybridized carbons (Fsp3) is 0.273. The molecule has 0 saturated carbocycles. The van der Waals surface area contributed by atoms with Crippen molar-refractivity contribution in [3.8, 4) is 5.75 Å². The van der Waals surface area contributed by atoms with Gasteiger partial charge in [0.15, 0.2) is 0 Å². The Morgan fingerprint density at radius 3 is 2.93 bits per heavy atom. The minimum Gasteiger partial charge on any atom is -0.492 e. The molecule has 0 amide bonds. The van der Waals surface area contributed by atoms with Crippen LogP contribution in [0.2, 0.25) is 0 Å². The van der Waals surface area contributed by atoms with Gasteiger partial charge in [-0.2, -0.15) is 0 Å². The molecule has 1 heterocycles. The van der Waals surface area contributed by atoms with E-state index in [1.54, 1.807) is 6.07 Å². The average Bonchev–Trinajstić information content (AvgIpc) is 2.54. The van der Waals surface area contributed by atoms with Gasteiger partial charge in [-0.25, -0.2) is 4.39 Å². The molecule has 1 aromatic heterocycles. The lowest BCUT2D eigenvalue weighted by atomic mass is 10.2. The quantitative estimate of drug-likeness (QED) is 0.733. The number of aryl methyl sites for hydroxylation is 1. The van der Waals surface area contributed by atoms with Crippen molar-refractivity contribution in [1.82, 2.24) is 0 Å². The molecule has 1 aromatic carbocycles. The first-order chi connectivity index (χ1) is 6.74. The zero-order valence-electron chi connectivity index (χ0n) is 8.13. The number of hydrogen-bond donors (Lipinski definition) is 0. The molecule has 0 aliphatic carbocycles. The molecule has 2 aromatic rings. The summed E-state index contributed by atoms with van der Waals surface area (Å²) in [6.07, 6.45) is 0. The van der Waals surface area contributed by atoms with Gasteiger partial charge in [-0.3, -0.25) is 0 Å². The van der Waals surface area contributed by atoms with Crippen LogP contribution >= 0.6 is 11.3 Å². The molecule has 74 valence electrons. The van der Waals surface area contributed by atoms with Gasteiger partial charge in [0.2, 0.25) is 0 Å². The molecule has 0 fully saturated rings. The summed E-state index contributed by atoms with van der Waals surface area (Å²) in [5.74, 6) is 0.615. The Kier molecular flexibility index (Phi) is 2.42. The number of fused-ring (bicyclic) bond motifs is 1. The molecule has 0 radical (unpaired) electrons. The summed E-state index contributed by atoms with van der Waals surface area (Å²) < 4.78 is 19.8. The molecule has 0 bridgehead atoms. The third-order valence-corrected chi connectivity index (χ3v) is 3.23. The van der Waals surface area contributed by atoms with Crippen LogP contribution in [0.15, 0.2) is 17.5 Å². The maximum absolute atomic E-state index is 13.5. The Morgan fingerprint density at radius 1 is 1.43 bits per heavy atom. The zero-order valence-corrected chi connectivity index (χ0v) is 8.95. The monoisotopic (exact) mass is 210 g/mol. The first-order valence-electron chi connectivity index (χ1n) is 4.53. The predicted molar refractivity (Wildman–Crippen MR) is 57.7 cm³/mol. The maximum Gasteiger partial charge on any atom is 0.137 e. The Balaban J connectivity index is 2.70. The van der Waals surface area contributed by atoms with Gasteiger partial charge in [0.25, 0.3) is 0 Å². The first kappa shape index (κ1) is 9.46. The molecule has 0 N–H and O–H groups in total. The molecule has 0 saturated heterocycles. The summed E-state index contributed by atoms with van der Waals surface area (Å²) in [5, 5.41) is 2.65. The highest BCUT2D eigenvalue weighted by Crippen LogP contribution is 2.35. The van der Waals surface area contributed by atoms with E-state index in [9.17, 15) is 4.39 Å². The smallest absolute Gasteiger partial charge is 0.137 e. The van der Waals surface area contributed by atoms with Gasteiger partial charge in [0, 0.05) is 5.39 Å². The summed E-state index contributed by atoms with van der Waals surface area (Å²) >= 11 is 1.53. The van der Waals surface area contributed by atoms with Crippen LogP contribution in [0.25, 0.3) is 10.1 Å². The van der Waals surface area contributed by atoms with E-state index in [2.05, 4.69) is 0 Å². The van der Waals surface area contributed by atoms with Crippen LogP contribution in [-0.2, 0) is 0 Å². The Morgan fingerprint density at radius 2 is 2.21 bits per heavy atom. The molecule has 14 heavy (non-hydrogen) atoms. The van der Waals surface area contributed by atoms with Crippen LogP contribution in [0.3, 0.4) is 0 Å². The maximum atomic E-state index is 13.5. The van der Waals surface area contributed by atoms with Crippen molar-refractivity contribution < 1.29 is 9.13 Å². The zero-order chi connectivity index (χ0) is 10.1. The van der Waals surface area contributed by atoms with Crippen molar-refractivity contribution in [2.75, 3.05) is 6.61 Å². The molecule has 0 aliphatic rings. The summed E-state index contributed by atoms with van der Waals surface area (Å²) in [5.41, 5.74) is 0.976. The standard InChI is InChI=1S/C11H11FOS/c1-3-13-9-5-4-8(12)10-7(2)6-14-11(9)10/h4-6H,3H2,1-2H3. The molecule has 1 nitrogen and oxygen atoms in total. The molecule has 0 atom stereocenters. The van der Waals surface area contributed by atoms with Crippen molar-refractivity contribution >= 4 is 21.4 Å². The van der Waals surface area contributed by atoms with E-state index in [0.717, 1.165) is 16.0 Å². The number of rotatable bonds is 2. The van der Waals surface area contributed by atoms with Gasteiger partial charge < -0.3 is 4.74 Å². The number of thiophene rings is 1. The van der Waals surface area contributed by atoms with Crippen molar-refractivity contribution in [3.63, 3.8) is 0 Å². The molecule has 0 aliphatic heterocycles. The summed E-state index contributed by atoms with van der Waals surface area (Å²) in [7, 11) is 0. The van der Waals surface area contributed by atoms with Crippen LogP contribution < -0.4 is 4.74 Å². The highest BCUT2D eigenvalue weighted by Gasteiger charge is 2.10. The Labute approximate surface area is 86.1 Å². The molecule has 0 unspecified atom stereocenters. The van der Waals surface area contributed by atoms with Gasteiger partial charge in [0.1, 0.15) is 11.6 Å². The molecular weight excluding hydrogens is 199 g/mol. The highest BCUT2D eigenvalue weighted by atomic mass is 32.1. The molecule has 0 spiro atoms. The van der Waals surface area contributed by atoms with E-state index >= 15 is 0 Å². The number of halogens is 1. The Hall–Kier alpha value is -1.09. The van der Waals surface area contributed by atoms with E-state index in [1.807, 2.05) is 19.2 Å². The summed E-state index contributed by atoms with van der Waals surface area (Å²) in [4.78, 5) is 0. The van der Waals surface area contributed by atoms with Gasteiger partial charge >= 0.3 is 0 Å². The van der Waals surface area contributed by atoms with Crippen LogP contribution in [-0.4, -0.2) is 6.61 Å². The number of ether oxygens (including phenoxy) is 1. The largest absolute Gasteiger partial charge is 0.492 e. The van der Waals surface area contributed by atoms with Crippen LogP contribution in [0.5, 0.6) is 5.75 Å². The predicted octanol–water partition coefficient (Wildman–Crippen LogP) is 3.75. The second-order valence-electron chi connectivity index (χ2n) is 3.10. The fourth-order valence-corrected chi connectivity index (χ4v) is 2.53. The second-order valence-corrected chi connectivity index (χ2v) is 3.98. The lowest BCUT2D eigenvalue weighted by Gasteiger charge is -2.04. The fourth-order valence-electron chi connectivity index (χ4n) is 1.50. The average molecular weight is 210 g/mol. The van der Waals surface area contributed by atoms with E-state index in [4.69, 9.17) is 4.74 Å². The Bertz CT molecular complexity index is 462. The van der Waals surface area contributed by atoms with E-state index in [-0.39, 0.29) is 5.82 Å². The minimum absolute atomic E-state index is 0.165. The van der Waals surface area contributed by atoms with Crippen LogP contribution in [0, 0.1) is 12.7 Å². The number of benzene rings is 1. The van der Waals surface area contributed by atoms with E-state index < -0.39 is 0 Å². The number of hydrogen-bond acceptors (Lipinski definition) is 2. The summed E-state index contributed by atoms with van der Waals surface area (Å²) in [6.45, 7) is 4.45. The van der Waals surface area contributed by atoms with Crippen molar-refractivity contribution in [2.45, 2.75) is 13.8 Å². The lowest BCUT2D eigenvalue weighted by molar-refractivity contribution is 0.344. The molecule has 2 rings (SSSR count). The van der Waals surface area contributed by atoms with Crippen molar-refractivity contribution in [3.05, 3.63) is 28.9 Å². The van der Waals surface area contributed by atoms with E-state index in [0.29, 0.717) is 12.0 Å². The van der Waals surface area contributed by atoms with Gasteiger partial charge in [-0.1, -0.05) is 0 Å². The van der Waals surface area contributed by atoms with Crippen molar-refractivity contribution in [1.29, 1.82) is 0 Å². The first-order valence-corrected chi connectivity index (χ1v) is 5.41. The van der Waals surface area contributed by atoms with Gasteiger partial charge in [-0.05, 0) is 36.9 Å². The van der Waals surface area contributed by atoms with Gasteiger partial charge in [-0.15, -0.1) is 11.3 Å². The third kappa shape index (κ3) is 1.38. The minimum atomic E-state index is -0.165. The van der Waals surface area contributed by atoms with Crippen molar-refractivity contribution in [2.24, 2.45) is 0 Å². The lowest BCUT2D eigenvalue weighted by Crippen LogP contribution is -1.91. The molecule has 3 heteroatoms. The van der Waals surface area contributed by atoms with E-state index in [1.165, 1.54) is 17.4 Å². The SMILES string of the molecule is CCOc1ccc(F)c2c(C)csc12. The van der Waals surface area contributed by atoms with Crippen LogP contribution in [0.4, 0.5) is 4.39 Å². The van der Waals surface area contributed by atoms with Crippen LogP contribution in [0.1, 0.15) is 12.5 Å². The normalized spacial score (nSPS) is 10.8. The second kappa shape index (κ2) is 3.58. The third-order valence-electron chi connectivity index (χ3n) is 2.12. The highest BCUT2D eigenvalue weighted by molar-refractivity contribution is 7.17. The van der Waals surface area contributed by atoms with Gasteiger partial charge in [0.05, 0.1) is 11.3 Å².